The first-order chi connectivity index (χ1) is 13.0. The third kappa shape index (κ3) is 6.49. The predicted octanol–water partition coefficient (Wildman–Crippen LogP) is 0.193. The van der Waals surface area contributed by atoms with Crippen LogP contribution in [0, 0.1) is 0 Å². The van der Waals surface area contributed by atoms with E-state index in [9.17, 15) is 15.0 Å². The molecule has 0 unspecified atom stereocenters. The molecule has 1 aliphatic heterocycles. The Labute approximate surface area is 175 Å². The fourth-order valence-corrected chi connectivity index (χ4v) is 4.02. The summed E-state index contributed by atoms with van der Waals surface area (Å²) >= 11 is 2.94. The molecule has 0 radical (unpaired) electrons. The van der Waals surface area contributed by atoms with Crippen LogP contribution in [0.1, 0.15) is 5.56 Å². The van der Waals surface area contributed by atoms with Crippen LogP contribution < -0.4 is 14.9 Å². The van der Waals surface area contributed by atoms with Crippen LogP contribution in [0.25, 0.3) is 0 Å². The van der Waals surface area contributed by atoms with Crippen LogP contribution in [0.3, 0.4) is 0 Å². The van der Waals surface area contributed by atoms with Crippen LogP contribution in [-0.2, 0) is 19.0 Å². The number of carboxylic acid groups (broad SMARTS) is 1. The Hall–Kier alpha value is -1.08. The lowest BCUT2D eigenvalue weighted by Crippen LogP contribution is -2.42. The first-order valence-electron chi connectivity index (χ1n) is 8.18. The molecule has 0 bridgehead atoms. The molecule has 0 saturated heterocycles. The summed E-state index contributed by atoms with van der Waals surface area (Å²) in [7, 11) is 1.61. The predicted molar refractivity (Wildman–Crippen MR) is 106 cm³/mol. The quantitative estimate of drug-likeness (QED) is 0.170. The van der Waals surface area contributed by atoms with Gasteiger partial charge in [0.2, 0.25) is 0 Å². The maximum absolute atomic E-state index is 12.5. The number of thioether (sulfide) groups is 1. The number of hydrogen-bond acceptors (Lipinski definition) is 9. The highest BCUT2D eigenvalue weighted by atomic mass is 127. The van der Waals surface area contributed by atoms with E-state index in [0.717, 1.165) is 0 Å². The van der Waals surface area contributed by atoms with Gasteiger partial charge >= 0.3 is 0 Å². The Morgan fingerprint density at radius 3 is 2.52 bits per heavy atom. The van der Waals surface area contributed by atoms with Gasteiger partial charge in [-0.05, 0) is 28.7 Å². The van der Waals surface area contributed by atoms with Crippen LogP contribution in [0.5, 0.6) is 11.5 Å². The van der Waals surface area contributed by atoms with Crippen LogP contribution in [0.15, 0.2) is 23.2 Å². The molecule has 1 aromatic rings. The average Bonchev–Trinajstić information content (AvgIpc) is 3.05. The highest BCUT2D eigenvalue weighted by Gasteiger charge is 2.34. The summed E-state index contributed by atoms with van der Waals surface area (Å²) in [4.78, 5) is 15.3. The van der Waals surface area contributed by atoms with Crippen LogP contribution in [-0.4, -0.2) is 67.1 Å². The molecular weight excluding hydrogens is 489 g/mol. The molecule has 1 aliphatic rings. The number of aliphatic imine (C=N–C) groups is 1. The van der Waals surface area contributed by atoms with Crippen molar-refractivity contribution in [2.45, 2.75) is 3.55 Å². The molecule has 10 heteroatoms. The number of para-hydroxylation sites is 1. The normalized spacial score (nSPS) is 19.1. The van der Waals surface area contributed by atoms with Gasteiger partial charge in [-0.3, -0.25) is 4.99 Å². The standard InChI is InChI=1S/C17H22INO7S/c1-23-5-6-24-7-8-25-9-10-26-13-4-2-3-12(14(13)20)15-19-17(18,11-27-15)16(21)22/h2-4,20H,5-11H2,1H3,(H,21,22)/p-2/t17-/m1/s1. The largest absolute Gasteiger partial charge is 0.869 e. The fourth-order valence-electron chi connectivity index (χ4n) is 2.10. The first kappa shape index (κ1) is 22.2. The van der Waals surface area contributed by atoms with E-state index in [1.54, 1.807) is 47.9 Å². The summed E-state index contributed by atoms with van der Waals surface area (Å²) in [6.45, 7) is 2.46. The summed E-state index contributed by atoms with van der Waals surface area (Å²) in [5.74, 6) is -1.20. The number of carbonyl (C=O) groups is 1. The van der Waals surface area contributed by atoms with Crippen molar-refractivity contribution in [1.82, 2.24) is 0 Å². The minimum atomic E-state index is -1.35. The molecular formula is C17H20INO7S-2. The van der Waals surface area contributed by atoms with E-state index in [0.29, 0.717) is 43.6 Å². The molecule has 0 saturated carbocycles. The first-order valence-corrected chi connectivity index (χ1v) is 10.2. The number of benzene rings is 1. The minimum Gasteiger partial charge on any atom is -0.869 e. The monoisotopic (exact) mass is 509 g/mol. The summed E-state index contributed by atoms with van der Waals surface area (Å²) in [5, 5.41) is 24.1. The van der Waals surface area contributed by atoms with Crippen molar-refractivity contribution in [2.75, 3.05) is 52.5 Å². The van der Waals surface area contributed by atoms with Crippen molar-refractivity contribution in [3.63, 3.8) is 0 Å². The lowest BCUT2D eigenvalue weighted by Gasteiger charge is -2.19. The highest BCUT2D eigenvalue weighted by molar-refractivity contribution is 14.1. The number of hydrogen-bond donors (Lipinski definition) is 0. The molecule has 1 atom stereocenters. The van der Waals surface area contributed by atoms with Gasteiger partial charge in [0.15, 0.2) is 3.55 Å². The van der Waals surface area contributed by atoms with Crippen molar-refractivity contribution >= 4 is 45.4 Å². The lowest BCUT2D eigenvalue weighted by molar-refractivity contribution is -0.307. The van der Waals surface area contributed by atoms with Crippen molar-refractivity contribution in [2.24, 2.45) is 4.99 Å². The highest BCUT2D eigenvalue weighted by Crippen LogP contribution is 2.39. The van der Waals surface area contributed by atoms with E-state index in [-0.39, 0.29) is 23.9 Å². The van der Waals surface area contributed by atoms with Gasteiger partial charge < -0.3 is 34.0 Å². The van der Waals surface area contributed by atoms with E-state index in [2.05, 4.69) is 4.99 Å². The SMILES string of the molecule is COCCOCCOCCOc1cccc(C2=N[C@@](I)(C(=O)[O-])CS2)c1[O-]. The number of methoxy groups -OCH3 is 1. The van der Waals surface area contributed by atoms with E-state index < -0.39 is 9.51 Å². The number of nitrogens with zero attached hydrogens (tertiary/aromatic N) is 1. The third-order valence-electron chi connectivity index (χ3n) is 3.49. The van der Waals surface area contributed by atoms with Crippen molar-refractivity contribution < 1.29 is 34.0 Å². The zero-order chi connectivity index (χ0) is 19.7. The molecule has 27 heavy (non-hydrogen) atoms. The minimum absolute atomic E-state index is 0.176. The Morgan fingerprint density at radius 1 is 1.22 bits per heavy atom. The zero-order valence-electron chi connectivity index (χ0n) is 14.8. The maximum Gasteiger partial charge on any atom is 0.161 e. The Kier molecular flexibility index (Phi) is 9.09. The summed E-state index contributed by atoms with van der Waals surface area (Å²) in [5.41, 5.74) is 0.324. The van der Waals surface area contributed by atoms with E-state index in [1.807, 2.05) is 0 Å². The molecule has 0 N–H and O–H groups in total. The van der Waals surface area contributed by atoms with Gasteiger partial charge in [0.25, 0.3) is 0 Å². The Morgan fingerprint density at radius 2 is 1.89 bits per heavy atom. The van der Waals surface area contributed by atoms with Gasteiger partial charge in [0.05, 0.1) is 44.0 Å². The zero-order valence-corrected chi connectivity index (χ0v) is 17.7. The molecule has 0 fully saturated rings. The molecule has 0 aliphatic carbocycles. The number of halogens is 1. The van der Waals surface area contributed by atoms with E-state index in [4.69, 9.17) is 18.9 Å². The second-order valence-corrected chi connectivity index (χ2v) is 8.20. The van der Waals surface area contributed by atoms with Crippen LogP contribution in [0.4, 0.5) is 0 Å². The summed E-state index contributed by atoms with van der Waals surface area (Å²) in [6.07, 6.45) is 0. The molecule has 1 heterocycles. The van der Waals surface area contributed by atoms with Crippen molar-refractivity contribution in [1.29, 1.82) is 0 Å². The number of carboxylic acids is 1. The lowest BCUT2D eigenvalue weighted by atomic mass is 10.2. The van der Waals surface area contributed by atoms with Crippen LogP contribution >= 0.6 is 34.4 Å². The number of carbonyl (C=O) groups excluding carboxylic acids is 1. The van der Waals surface area contributed by atoms with Gasteiger partial charge in [-0.1, -0.05) is 17.9 Å². The van der Waals surface area contributed by atoms with Gasteiger partial charge in [-0.2, -0.15) is 0 Å². The van der Waals surface area contributed by atoms with Crippen molar-refractivity contribution in [3.05, 3.63) is 23.8 Å². The van der Waals surface area contributed by atoms with Gasteiger partial charge in [-0.25, -0.2) is 0 Å². The molecule has 1 aromatic carbocycles. The molecule has 0 spiro atoms. The smallest absolute Gasteiger partial charge is 0.161 e. The molecule has 8 nitrogen and oxygen atoms in total. The summed E-state index contributed by atoms with van der Waals surface area (Å²) in [6, 6.07) is 4.84. The number of ether oxygens (including phenoxy) is 4. The molecule has 0 aromatic heterocycles. The second-order valence-electron chi connectivity index (χ2n) is 5.45. The molecule has 2 rings (SSSR count). The van der Waals surface area contributed by atoms with Gasteiger partial charge in [0, 0.05) is 18.4 Å². The Balaban J connectivity index is 1.83. The third-order valence-corrected chi connectivity index (χ3v) is 6.22. The van der Waals surface area contributed by atoms with E-state index in [1.165, 1.54) is 11.8 Å². The average molecular weight is 509 g/mol. The fraction of sp³-hybridized carbons (Fsp3) is 0.529. The van der Waals surface area contributed by atoms with Crippen LogP contribution in [0.2, 0.25) is 0 Å². The molecule has 150 valence electrons. The molecule has 0 amide bonds. The summed E-state index contributed by atoms with van der Waals surface area (Å²) < 4.78 is 19.6. The van der Waals surface area contributed by atoms with E-state index >= 15 is 0 Å². The van der Waals surface area contributed by atoms with Gasteiger partial charge in [-0.15, -0.1) is 11.8 Å². The second kappa shape index (κ2) is 11.1. The maximum atomic E-state index is 12.5. The topological polar surface area (TPSA) is 112 Å². The number of rotatable bonds is 12. The number of aliphatic carboxylic acids is 1. The van der Waals surface area contributed by atoms with Crippen molar-refractivity contribution in [3.8, 4) is 11.5 Å². The van der Waals surface area contributed by atoms with Gasteiger partial charge in [0.1, 0.15) is 12.4 Å². The number of alkyl halides is 1. The Bertz CT molecular complexity index is 673.